The Labute approximate surface area is 162 Å². The van der Waals surface area contributed by atoms with Gasteiger partial charge in [-0.3, -0.25) is 0 Å². The Morgan fingerprint density at radius 3 is 2.08 bits per heavy atom. The van der Waals surface area contributed by atoms with Gasteiger partial charge in [-0.05, 0) is 84.2 Å². The molecule has 24 heavy (non-hydrogen) atoms. The zero-order valence-corrected chi connectivity index (χ0v) is 16.4. The van der Waals surface area contributed by atoms with Crippen LogP contribution in [0, 0.1) is 3.57 Å². The second-order valence-corrected chi connectivity index (χ2v) is 8.29. The molecule has 5 aromatic carbocycles. The lowest BCUT2D eigenvalue weighted by atomic mass is 9.90. The van der Waals surface area contributed by atoms with Crippen LogP contribution in [0.3, 0.4) is 0 Å². The first-order chi connectivity index (χ1) is 11.7. The highest BCUT2D eigenvalue weighted by molar-refractivity contribution is 14.1. The van der Waals surface area contributed by atoms with Gasteiger partial charge in [-0.15, -0.1) is 0 Å². The van der Waals surface area contributed by atoms with Gasteiger partial charge in [0.15, 0.2) is 0 Å². The normalized spacial score (nSPS) is 11.8. The van der Waals surface area contributed by atoms with Crippen LogP contribution >= 0.6 is 38.5 Å². The van der Waals surface area contributed by atoms with Crippen molar-refractivity contribution >= 4 is 70.8 Å². The van der Waals surface area contributed by atoms with E-state index in [4.69, 9.17) is 0 Å². The van der Waals surface area contributed by atoms with E-state index in [2.05, 4.69) is 111 Å². The van der Waals surface area contributed by atoms with Gasteiger partial charge in [0.05, 0.1) is 0 Å². The molecule has 0 saturated carbocycles. The molecule has 0 unspecified atom stereocenters. The Kier molecular flexibility index (Phi) is 3.32. The van der Waals surface area contributed by atoms with Crippen LogP contribution in [0.4, 0.5) is 0 Å². The highest BCUT2D eigenvalue weighted by atomic mass is 127. The van der Waals surface area contributed by atoms with Crippen molar-refractivity contribution in [1.82, 2.24) is 0 Å². The number of halogens is 2. The van der Waals surface area contributed by atoms with Crippen LogP contribution in [0.25, 0.3) is 43.4 Å². The molecule has 0 atom stereocenters. The molecular weight excluding hydrogens is 471 g/mol. The van der Waals surface area contributed by atoms with Crippen LogP contribution < -0.4 is 0 Å². The number of rotatable bonds is 1. The van der Waals surface area contributed by atoms with Crippen molar-refractivity contribution in [3.8, 4) is 11.1 Å². The molecule has 0 amide bonds. The molecule has 0 aliphatic heterocycles. The van der Waals surface area contributed by atoms with Gasteiger partial charge >= 0.3 is 0 Å². The van der Waals surface area contributed by atoms with E-state index in [1.54, 1.807) is 0 Å². The average Bonchev–Trinajstić information content (AvgIpc) is 2.58. The molecule has 0 aromatic heterocycles. The van der Waals surface area contributed by atoms with Crippen LogP contribution in [-0.2, 0) is 0 Å². The van der Waals surface area contributed by atoms with Crippen molar-refractivity contribution < 1.29 is 0 Å². The Bertz CT molecular complexity index is 1190. The maximum absolute atomic E-state index is 3.64. The van der Waals surface area contributed by atoms with Crippen molar-refractivity contribution in [2.75, 3.05) is 0 Å². The van der Waals surface area contributed by atoms with Gasteiger partial charge in [0.2, 0.25) is 0 Å². The first-order valence-corrected chi connectivity index (χ1v) is 9.71. The van der Waals surface area contributed by atoms with Gasteiger partial charge in [-0.2, -0.15) is 0 Å². The highest BCUT2D eigenvalue weighted by Crippen LogP contribution is 2.39. The molecule has 2 heteroatoms. The van der Waals surface area contributed by atoms with E-state index in [0.29, 0.717) is 0 Å². The molecule has 0 spiro atoms. The molecule has 0 aliphatic carbocycles. The van der Waals surface area contributed by atoms with Crippen LogP contribution in [-0.4, -0.2) is 0 Å². The van der Waals surface area contributed by atoms with E-state index in [9.17, 15) is 0 Å². The highest BCUT2D eigenvalue weighted by Gasteiger charge is 2.12. The van der Waals surface area contributed by atoms with Crippen LogP contribution in [0.5, 0.6) is 0 Å². The van der Waals surface area contributed by atoms with Gasteiger partial charge in [0.1, 0.15) is 0 Å². The zero-order chi connectivity index (χ0) is 16.3. The third-order valence-corrected chi connectivity index (χ3v) is 5.78. The summed E-state index contributed by atoms with van der Waals surface area (Å²) in [5.74, 6) is 0. The van der Waals surface area contributed by atoms with Crippen molar-refractivity contribution in [2.45, 2.75) is 0 Å². The Morgan fingerprint density at radius 2 is 1.33 bits per heavy atom. The van der Waals surface area contributed by atoms with E-state index in [-0.39, 0.29) is 0 Å². The minimum atomic E-state index is 1.12. The summed E-state index contributed by atoms with van der Waals surface area (Å²) in [5, 5.41) is 8.00. The van der Waals surface area contributed by atoms with E-state index >= 15 is 0 Å². The van der Waals surface area contributed by atoms with Crippen molar-refractivity contribution in [1.29, 1.82) is 0 Å². The molecule has 5 rings (SSSR count). The fourth-order valence-corrected chi connectivity index (χ4v) is 5.29. The fourth-order valence-electron chi connectivity index (χ4n) is 3.70. The predicted molar refractivity (Wildman–Crippen MR) is 116 cm³/mol. The van der Waals surface area contributed by atoms with E-state index < -0.39 is 0 Å². The second kappa shape index (κ2) is 5.43. The maximum Gasteiger partial charge on any atom is 0.0191 e. The Balaban J connectivity index is 1.97. The molecule has 0 N–H and O–H groups in total. The SMILES string of the molecule is Brc1cc(I)cc(-c2ccc3ccc4cccc5ccc2c3c45)c1. The summed E-state index contributed by atoms with van der Waals surface area (Å²) in [6.45, 7) is 0. The summed E-state index contributed by atoms with van der Waals surface area (Å²) in [6, 6.07) is 26.6. The molecule has 0 nitrogen and oxygen atoms in total. The number of benzene rings is 5. The summed E-state index contributed by atoms with van der Waals surface area (Å²) in [5.41, 5.74) is 2.55. The van der Waals surface area contributed by atoms with E-state index in [1.165, 1.54) is 47.0 Å². The molecule has 0 heterocycles. The predicted octanol–water partition coefficient (Wildman–Crippen LogP) is 7.62. The van der Waals surface area contributed by atoms with Gasteiger partial charge in [-0.25, -0.2) is 0 Å². The average molecular weight is 483 g/mol. The molecule has 114 valence electrons. The molecule has 5 aromatic rings. The Hall–Kier alpha value is -1.65. The zero-order valence-electron chi connectivity index (χ0n) is 12.7. The topological polar surface area (TPSA) is 0 Å². The minimum Gasteiger partial charge on any atom is -0.0610 e. The molecule has 0 fully saturated rings. The number of hydrogen-bond donors (Lipinski definition) is 0. The van der Waals surface area contributed by atoms with Gasteiger partial charge in [-0.1, -0.05) is 70.5 Å². The van der Waals surface area contributed by atoms with Crippen LogP contribution in [0.1, 0.15) is 0 Å². The third kappa shape index (κ3) is 2.16. The second-order valence-electron chi connectivity index (χ2n) is 6.13. The standard InChI is InChI=1S/C22H12BrI/c23-17-10-16(11-18(24)12-17)19-8-6-15-5-4-13-2-1-3-14-7-9-20(19)22(15)21(13)14/h1-12H. The third-order valence-electron chi connectivity index (χ3n) is 4.70. The lowest BCUT2D eigenvalue weighted by Gasteiger charge is -2.14. The lowest BCUT2D eigenvalue weighted by Crippen LogP contribution is -1.87. The summed E-state index contributed by atoms with van der Waals surface area (Å²) >= 11 is 6.01. The summed E-state index contributed by atoms with van der Waals surface area (Å²) in [7, 11) is 0. The molecular formula is C22H12BrI. The quantitative estimate of drug-likeness (QED) is 0.170. The largest absolute Gasteiger partial charge is 0.0610 e. The summed E-state index contributed by atoms with van der Waals surface area (Å²) < 4.78 is 2.36. The van der Waals surface area contributed by atoms with Crippen molar-refractivity contribution in [3.63, 3.8) is 0 Å². The number of hydrogen-bond acceptors (Lipinski definition) is 0. The van der Waals surface area contributed by atoms with Crippen molar-refractivity contribution in [2.24, 2.45) is 0 Å². The van der Waals surface area contributed by atoms with Crippen molar-refractivity contribution in [3.05, 3.63) is 80.8 Å². The van der Waals surface area contributed by atoms with Gasteiger partial charge in [0.25, 0.3) is 0 Å². The fraction of sp³-hybridized carbons (Fsp3) is 0. The monoisotopic (exact) mass is 482 g/mol. The van der Waals surface area contributed by atoms with Gasteiger partial charge < -0.3 is 0 Å². The Morgan fingerprint density at radius 1 is 0.667 bits per heavy atom. The summed E-state index contributed by atoms with van der Waals surface area (Å²) in [6.07, 6.45) is 0. The first kappa shape index (κ1) is 14.7. The molecule has 0 bridgehead atoms. The summed E-state index contributed by atoms with van der Waals surface area (Å²) in [4.78, 5) is 0. The smallest absolute Gasteiger partial charge is 0.0191 e. The molecule has 0 saturated heterocycles. The van der Waals surface area contributed by atoms with Crippen LogP contribution in [0.15, 0.2) is 77.3 Å². The molecule has 0 radical (unpaired) electrons. The first-order valence-electron chi connectivity index (χ1n) is 7.84. The van der Waals surface area contributed by atoms with Gasteiger partial charge in [0, 0.05) is 8.04 Å². The van der Waals surface area contributed by atoms with E-state index in [1.807, 2.05) is 0 Å². The minimum absolute atomic E-state index is 1.12. The van der Waals surface area contributed by atoms with E-state index in [0.717, 1.165) is 4.47 Å². The molecule has 0 aliphatic rings. The maximum atomic E-state index is 3.64. The lowest BCUT2D eigenvalue weighted by molar-refractivity contribution is 1.58. The van der Waals surface area contributed by atoms with Crippen LogP contribution in [0.2, 0.25) is 0 Å².